The van der Waals surface area contributed by atoms with E-state index in [1.54, 1.807) is 7.11 Å². The Kier molecular flexibility index (Phi) is 3.18. The number of methoxy groups -OCH3 is 1. The molecule has 23 heavy (non-hydrogen) atoms. The standard InChI is InChI=1S/C19H21N3O/c1-23-15-8-9-16-17(10-15)22(11-12-2-3-12)19(18(16)21)13-4-6-14(20)7-5-13/h4-10,12H,2-3,11,20-21H2,1H3. The van der Waals surface area contributed by atoms with E-state index in [-0.39, 0.29) is 0 Å². The molecule has 1 aliphatic carbocycles. The number of rotatable bonds is 4. The molecule has 0 radical (unpaired) electrons. The van der Waals surface area contributed by atoms with Crippen molar-refractivity contribution < 1.29 is 4.74 Å². The minimum absolute atomic E-state index is 0.753. The molecule has 0 aliphatic heterocycles. The second-order valence-corrected chi connectivity index (χ2v) is 6.32. The summed E-state index contributed by atoms with van der Waals surface area (Å²) < 4.78 is 7.74. The van der Waals surface area contributed by atoms with E-state index in [0.717, 1.165) is 51.7 Å². The van der Waals surface area contributed by atoms with Gasteiger partial charge in [-0.05, 0) is 43.0 Å². The topological polar surface area (TPSA) is 66.2 Å². The van der Waals surface area contributed by atoms with E-state index in [0.29, 0.717) is 0 Å². The Morgan fingerprint density at radius 2 is 1.83 bits per heavy atom. The van der Waals surface area contributed by atoms with Crippen LogP contribution in [0.25, 0.3) is 22.2 Å². The third kappa shape index (κ3) is 2.40. The molecule has 2 aromatic carbocycles. The van der Waals surface area contributed by atoms with Gasteiger partial charge in [0.25, 0.3) is 0 Å². The van der Waals surface area contributed by atoms with Crippen LogP contribution in [0.3, 0.4) is 0 Å². The molecule has 1 saturated carbocycles. The smallest absolute Gasteiger partial charge is 0.120 e. The van der Waals surface area contributed by atoms with Gasteiger partial charge in [0.1, 0.15) is 5.75 Å². The molecule has 0 unspecified atom stereocenters. The predicted octanol–water partition coefficient (Wildman–Crippen LogP) is 3.89. The monoisotopic (exact) mass is 307 g/mol. The maximum absolute atomic E-state index is 6.50. The van der Waals surface area contributed by atoms with Crippen LogP contribution in [0.4, 0.5) is 11.4 Å². The van der Waals surface area contributed by atoms with Crippen molar-refractivity contribution in [3.8, 4) is 17.0 Å². The average Bonchev–Trinajstić information content (AvgIpc) is 3.34. The van der Waals surface area contributed by atoms with Gasteiger partial charge in [0.05, 0.1) is 24.0 Å². The largest absolute Gasteiger partial charge is 0.497 e. The van der Waals surface area contributed by atoms with Gasteiger partial charge in [0.15, 0.2) is 0 Å². The molecule has 0 spiro atoms. The van der Waals surface area contributed by atoms with Crippen LogP contribution in [0.1, 0.15) is 12.8 Å². The molecule has 0 amide bonds. The van der Waals surface area contributed by atoms with Gasteiger partial charge in [-0.25, -0.2) is 0 Å². The summed E-state index contributed by atoms with van der Waals surface area (Å²) in [4.78, 5) is 0. The molecule has 1 fully saturated rings. The number of hydrogen-bond donors (Lipinski definition) is 2. The Balaban J connectivity index is 1.96. The average molecular weight is 307 g/mol. The molecule has 0 saturated heterocycles. The van der Waals surface area contributed by atoms with Crippen LogP contribution < -0.4 is 16.2 Å². The number of aromatic nitrogens is 1. The lowest BCUT2D eigenvalue weighted by molar-refractivity contribution is 0.415. The molecule has 4 nitrogen and oxygen atoms in total. The summed E-state index contributed by atoms with van der Waals surface area (Å²) in [5.74, 6) is 1.61. The van der Waals surface area contributed by atoms with Crippen molar-refractivity contribution in [2.24, 2.45) is 5.92 Å². The molecule has 4 N–H and O–H groups in total. The Bertz CT molecular complexity index is 860. The predicted molar refractivity (Wildman–Crippen MR) is 95.5 cm³/mol. The molecule has 4 heteroatoms. The lowest BCUT2D eigenvalue weighted by Gasteiger charge is -2.11. The van der Waals surface area contributed by atoms with Gasteiger partial charge in [-0.1, -0.05) is 12.1 Å². The second-order valence-electron chi connectivity index (χ2n) is 6.32. The molecule has 1 heterocycles. The van der Waals surface area contributed by atoms with Crippen LogP contribution in [0.2, 0.25) is 0 Å². The van der Waals surface area contributed by atoms with E-state index in [2.05, 4.69) is 10.6 Å². The van der Waals surface area contributed by atoms with Gasteiger partial charge in [-0.15, -0.1) is 0 Å². The van der Waals surface area contributed by atoms with E-state index >= 15 is 0 Å². The zero-order chi connectivity index (χ0) is 16.0. The Labute approximate surface area is 135 Å². The first-order valence-electron chi connectivity index (χ1n) is 7.99. The van der Waals surface area contributed by atoms with Gasteiger partial charge < -0.3 is 20.8 Å². The number of anilines is 2. The van der Waals surface area contributed by atoms with Gasteiger partial charge in [0.2, 0.25) is 0 Å². The van der Waals surface area contributed by atoms with E-state index < -0.39 is 0 Å². The Morgan fingerprint density at radius 1 is 1.09 bits per heavy atom. The van der Waals surface area contributed by atoms with Crippen LogP contribution >= 0.6 is 0 Å². The summed E-state index contributed by atoms with van der Waals surface area (Å²) in [6.07, 6.45) is 2.59. The first-order valence-corrected chi connectivity index (χ1v) is 7.99. The maximum Gasteiger partial charge on any atom is 0.120 e. The molecule has 4 rings (SSSR count). The summed E-state index contributed by atoms with van der Waals surface area (Å²) in [6, 6.07) is 14.0. The summed E-state index contributed by atoms with van der Waals surface area (Å²) in [6.45, 7) is 1.00. The first-order chi connectivity index (χ1) is 11.2. The van der Waals surface area contributed by atoms with Gasteiger partial charge in [-0.3, -0.25) is 0 Å². The number of ether oxygens (including phenoxy) is 1. The Morgan fingerprint density at radius 3 is 2.48 bits per heavy atom. The van der Waals surface area contributed by atoms with E-state index in [9.17, 15) is 0 Å². The minimum Gasteiger partial charge on any atom is -0.497 e. The highest BCUT2D eigenvalue weighted by molar-refractivity contribution is 6.01. The minimum atomic E-state index is 0.753. The lowest BCUT2D eigenvalue weighted by Crippen LogP contribution is -2.03. The van der Waals surface area contributed by atoms with Crippen LogP contribution in [0.5, 0.6) is 5.75 Å². The van der Waals surface area contributed by atoms with Crippen LogP contribution in [0, 0.1) is 5.92 Å². The van der Waals surface area contributed by atoms with Crippen molar-refractivity contribution >= 4 is 22.3 Å². The van der Waals surface area contributed by atoms with Crippen LogP contribution in [-0.2, 0) is 6.54 Å². The van der Waals surface area contributed by atoms with Crippen LogP contribution in [-0.4, -0.2) is 11.7 Å². The van der Waals surface area contributed by atoms with Crippen molar-refractivity contribution in [1.29, 1.82) is 0 Å². The molecule has 0 bridgehead atoms. The zero-order valence-corrected chi connectivity index (χ0v) is 13.3. The van der Waals surface area contributed by atoms with Crippen LogP contribution in [0.15, 0.2) is 42.5 Å². The van der Waals surface area contributed by atoms with Crippen molar-refractivity contribution in [2.75, 3.05) is 18.6 Å². The molecule has 3 aromatic rings. The summed E-state index contributed by atoms with van der Waals surface area (Å²) in [5, 5.41) is 1.08. The molecule has 118 valence electrons. The number of hydrogen-bond acceptors (Lipinski definition) is 3. The first kappa shape index (κ1) is 14.0. The molecular weight excluding hydrogens is 286 g/mol. The number of nitrogens with two attached hydrogens (primary N) is 2. The normalized spacial score (nSPS) is 14.3. The highest BCUT2D eigenvalue weighted by atomic mass is 16.5. The maximum atomic E-state index is 6.50. The molecule has 1 aliphatic rings. The highest BCUT2D eigenvalue weighted by Crippen LogP contribution is 2.41. The second kappa shape index (κ2) is 5.23. The van der Waals surface area contributed by atoms with Gasteiger partial charge in [0, 0.05) is 29.2 Å². The molecule has 0 atom stereocenters. The summed E-state index contributed by atoms with van der Waals surface area (Å²) in [5.41, 5.74) is 17.3. The van der Waals surface area contributed by atoms with Crippen molar-refractivity contribution in [1.82, 2.24) is 4.57 Å². The third-order valence-corrected chi connectivity index (χ3v) is 4.63. The fourth-order valence-corrected chi connectivity index (χ4v) is 3.18. The highest BCUT2D eigenvalue weighted by Gasteiger charge is 2.25. The van der Waals surface area contributed by atoms with Crippen molar-refractivity contribution in [3.63, 3.8) is 0 Å². The number of fused-ring (bicyclic) bond motifs is 1. The van der Waals surface area contributed by atoms with Gasteiger partial charge >= 0.3 is 0 Å². The summed E-state index contributed by atoms with van der Waals surface area (Å²) >= 11 is 0. The van der Waals surface area contributed by atoms with E-state index in [4.69, 9.17) is 16.2 Å². The number of nitrogen functional groups attached to an aromatic ring is 2. The fourth-order valence-electron chi connectivity index (χ4n) is 3.18. The fraction of sp³-hybridized carbons (Fsp3) is 0.263. The van der Waals surface area contributed by atoms with E-state index in [1.807, 2.05) is 36.4 Å². The number of benzene rings is 2. The quantitative estimate of drug-likeness (QED) is 0.719. The number of nitrogens with zero attached hydrogens (tertiary/aromatic N) is 1. The lowest BCUT2D eigenvalue weighted by atomic mass is 10.1. The summed E-state index contributed by atoms with van der Waals surface area (Å²) in [7, 11) is 1.69. The third-order valence-electron chi connectivity index (χ3n) is 4.63. The molecule has 1 aromatic heterocycles. The van der Waals surface area contributed by atoms with Crippen molar-refractivity contribution in [3.05, 3.63) is 42.5 Å². The molecular formula is C19H21N3O. The SMILES string of the molecule is COc1ccc2c(N)c(-c3ccc(N)cc3)n(CC3CC3)c2c1. The Hall–Kier alpha value is -2.62. The van der Waals surface area contributed by atoms with Gasteiger partial charge in [-0.2, -0.15) is 0 Å². The van der Waals surface area contributed by atoms with E-state index in [1.165, 1.54) is 12.8 Å². The van der Waals surface area contributed by atoms with Crippen molar-refractivity contribution in [2.45, 2.75) is 19.4 Å². The zero-order valence-electron chi connectivity index (χ0n) is 13.3.